The Kier molecular flexibility index (Phi) is 6.38. The molecule has 6 nitrogen and oxygen atoms in total. The number of carbonyl (C=O) groups excluding carboxylic acids is 1. The van der Waals surface area contributed by atoms with Gasteiger partial charge in [-0.15, -0.1) is 0 Å². The van der Waals surface area contributed by atoms with Gasteiger partial charge >= 0.3 is 12.0 Å². The zero-order valence-electron chi connectivity index (χ0n) is 10.8. The highest BCUT2D eigenvalue weighted by Crippen LogP contribution is 2.12. The number of nitrogens with one attached hydrogen (secondary N) is 1. The minimum Gasteiger partial charge on any atom is -0.480 e. The molecule has 6 heteroatoms. The molecule has 0 aromatic heterocycles. The van der Waals surface area contributed by atoms with Gasteiger partial charge in [0.05, 0.1) is 0 Å². The monoisotopic (exact) mass is 266 g/mol. The Morgan fingerprint density at radius 1 is 1.32 bits per heavy atom. The SMILES string of the molecule is COCCCNC(=O)N(CC(=O)O)c1ccccc1. The summed E-state index contributed by atoms with van der Waals surface area (Å²) >= 11 is 0. The average molecular weight is 266 g/mol. The first kappa shape index (κ1) is 15.0. The lowest BCUT2D eigenvalue weighted by Gasteiger charge is -2.21. The van der Waals surface area contributed by atoms with Crippen molar-refractivity contribution in [3.05, 3.63) is 30.3 Å². The van der Waals surface area contributed by atoms with E-state index < -0.39 is 12.0 Å². The van der Waals surface area contributed by atoms with Crippen LogP contribution in [0.2, 0.25) is 0 Å². The zero-order valence-corrected chi connectivity index (χ0v) is 10.8. The number of hydrogen-bond donors (Lipinski definition) is 2. The lowest BCUT2D eigenvalue weighted by Crippen LogP contribution is -2.43. The molecule has 0 saturated carbocycles. The molecule has 0 radical (unpaired) electrons. The van der Waals surface area contributed by atoms with Crippen molar-refractivity contribution in [2.75, 3.05) is 31.7 Å². The Bertz CT molecular complexity index is 408. The number of para-hydroxylation sites is 1. The van der Waals surface area contributed by atoms with Crippen molar-refractivity contribution in [1.29, 1.82) is 0 Å². The Morgan fingerprint density at radius 2 is 2.00 bits per heavy atom. The Labute approximate surface area is 112 Å². The van der Waals surface area contributed by atoms with Crippen LogP contribution in [0.4, 0.5) is 10.5 Å². The Balaban J connectivity index is 2.63. The van der Waals surface area contributed by atoms with E-state index in [0.29, 0.717) is 25.3 Å². The summed E-state index contributed by atoms with van der Waals surface area (Å²) in [7, 11) is 1.59. The largest absolute Gasteiger partial charge is 0.480 e. The highest BCUT2D eigenvalue weighted by molar-refractivity contribution is 5.96. The number of aliphatic carboxylic acids is 1. The number of carboxylic acid groups (broad SMARTS) is 1. The third-order valence-electron chi connectivity index (χ3n) is 2.41. The van der Waals surface area contributed by atoms with Crippen LogP contribution in [0.5, 0.6) is 0 Å². The molecule has 0 aliphatic rings. The molecule has 0 aliphatic heterocycles. The van der Waals surface area contributed by atoms with Crippen molar-refractivity contribution < 1.29 is 19.4 Å². The van der Waals surface area contributed by atoms with Gasteiger partial charge in [-0.05, 0) is 18.6 Å². The van der Waals surface area contributed by atoms with Crippen molar-refractivity contribution >= 4 is 17.7 Å². The number of amides is 2. The molecule has 104 valence electrons. The number of nitrogens with zero attached hydrogens (tertiary/aromatic N) is 1. The molecule has 2 amide bonds. The summed E-state index contributed by atoms with van der Waals surface area (Å²) in [4.78, 5) is 24.0. The van der Waals surface area contributed by atoms with Crippen molar-refractivity contribution in [3.63, 3.8) is 0 Å². The molecule has 1 rings (SSSR count). The summed E-state index contributed by atoms with van der Waals surface area (Å²) in [6, 6.07) is 8.27. The topological polar surface area (TPSA) is 78.9 Å². The number of benzene rings is 1. The standard InChI is InChI=1S/C13H18N2O4/c1-19-9-5-8-14-13(18)15(10-12(16)17)11-6-3-2-4-7-11/h2-4,6-7H,5,8-10H2,1H3,(H,14,18)(H,16,17). The molecule has 0 saturated heterocycles. The molecule has 0 fully saturated rings. The summed E-state index contributed by atoms with van der Waals surface area (Å²) < 4.78 is 4.87. The van der Waals surface area contributed by atoms with Crippen LogP contribution in [0.25, 0.3) is 0 Å². The van der Waals surface area contributed by atoms with Crippen LogP contribution in [0.15, 0.2) is 30.3 Å². The highest BCUT2D eigenvalue weighted by atomic mass is 16.5. The third-order valence-corrected chi connectivity index (χ3v) is 2.41. The molecular formula is C13H18N2O4. The molecule has 0 unspecified atom stereocenters. The highest BCUT2D eigenvalue weighted by Gasteiger charge is 2.17. The second-order valence-corrected chi connectivity index (χ2v) is 3.89. The maximum atomic E-state index is 12.0. The van der Waals surface area contributed by atoms with Gasteiger partial charge in [-0.2, -0.15) is 0 Å². The van der Waals surface area contributed by atoms with Crippen LogP contribution < -0.4 is 10.2 Å². The third kappa shape index (κ3) is 5.39. The minimum atomic E-state index is -1.06. The Hall–Kier alpha value is -2.08. The van der Waals surface area contributed by atoms with E-state index in [9.17, 15) is 9.59 Å². The second-order valence-electron chi connectivity index (χ2n) is 3.89. The lowest BCUT2D eigenvalue weighted by atomic mass is 10.3. The van der Waals surface area contributed by atoms with E-state index >= 15 is 0 Å². The van der Waals surface area contributed by atoms with E-state index in [1.54, 1.807) is 37.4 Å². The molecular weight excluding hydrogens is 248 g/mol. The van der Waals surface area contributed by atoms with Crippen LogP contribution in [0, 0.1) is 0 Å². The summed E-state index contributed by atoms with van der Waals surface area (Å²) in [6.07, 6.45) is 0.679. The molecule has 1 aromatic rings. The molecule has 2 N–H and O–H groups in total. The van der Waals surface area contributed by atoms with Gasteiger partial charge in [-0.1, -0.05) is 18.2 Å². The maximum absolute atomic E-state index is 12.0. The fourth-order valence-electron chi connectivity index (χ4n) is 1.53. The van der Waals surface area contributed by atoms with Gasteiger partial charge in [0.15, 0.2) is 0 Å². The predicted molar refractivity (Wildman–Crippen MR) is 71.3 cm³/mol. The normalized spacial score (nSPS) is 9.95. The quantitative estimate of drug-likeness (QED) is 0.730. The van der Waals surface area contributed by atoms with Crippen molar-refractivity contribution in [3.8, 4) is 0 Å². The van der Waals surface area contributed by atoms with Gasteiger partial charge in [0, 0.05) is 25.9 Å². The average Bonchev–Trinajstić information content (AvgIpc) is 2.41. The number of anilines is 1. The van der Waals surface area contributed by atoms with E-state index in [-0.39, 0.29) is 6.54 Å². The first-order valence-corrected chi connectivity index (χ1v) is 5.96. The van der Waals surface area contributed by atoms with Crippen molar-refractivity contribution in [1.82, 2.24) is 5.32 Å². The number of carboxylic acids is 1. The van der Waals surface area contributed by atoms with E-state index in [0.717, 1.165) is 0 Å². The lowest BCUT2D eigenvalue weighted by molar-refractivity contribution is -0.135. The van der Waals surface area contributed by atoms with E-state index in [4.69, 9.17) is 9.84 Å². The van der Waals surface area contributed by atoms with E-state index in [2.05, 4.69) is 5.32 Å². The number of carbonyl (C=O) groups is 2. The number of methoxy groups -OCH3 is 1. The Morgan fingerprint density at radius 3 is 2.58 bits per heavy atom. The molecule has 0 heterocycles. The molecule has 0 aliphatic carbocycles. The number of hydrogen-bond acceptors (Lipinski definition) is 3. The van der Waals surface area contributed by atoms with Gasteiger partial charge in [-0.25, -0.2) is 4.79 Å². The van der Waals surface area contributed by atoms with E-state index in [1.165, 1.54) is 4.90 Å². The van der Waals surface area contributed by atoms with Crippen LogP contribution in [0.1, 0.15) is 6.42 Å². The molecule has 0 spiro atoms. The fourth-order valence-corrected chi connectivity index (χ4v) is 1.53. The smallest absolute Gasteiger partial charge is 0.323 e. The van der Waals surface area contributed by atoms with Gasteiger partial charge < -0.3 is 15.2 Å². The van der Waals surface area contributed by atoms with Crippen LogP contribution in [0.3, 0.4) is 0 Å². The van der Waals surface area contributed by atoms with Crippen molar-refractivity contribution in [2.45, 2.75) is 6.42 Å². The number of rotatable bonds is 7. The minimum absolute atomic E-state index is 0.375. The van der Waals surface area contributed by atoms with Crippen LogP contribution in [-0.2, 0) is 9.53 Å². The summed E-state index contributed by atoms with van der Waals surface area (Å²) in [5.41, 5.74) is 0.550. The zero-order chi connectivity index (χ0) is 14.1. The number of ether oxygens (including phenoxy) is 1. The van der Waals surface area contributed by atoms with Gasteiger partial charge in [0.1, 0.15) is 6.54 Å². The van der Waals surface area contributed by atoms with Gasteiger partial charge in [0.25, 0.3) is 0 Å². The van der Waals surface area contributed by atoms with Gasteiger partial charge in [0.2, 0.25) is 0 Å². The first-order chi connectivity index (χ1) is 9.15. The first-order valence-electron chi connectivity index (χ1n) is 5.96. The molecule has 19 heavy (non-hydrogen) atoms. The number of urea groups is 1. The molecule has 0 bridgehead atoms. The summed E-state index contributed by atoms with van der Waals surface area (Å²) in [5, 5.41) is 11.5. The van der Waals surface area contributed by atoms with Crippen molar-refractivity contribution in [2.24, 2.45) is 0 Å². The van der Waals surface area contributed by atoms with Crippen LogP contribution >= 0.6 is 0 Å². The fraction of sp³-hybridized carbons (Fsp3) is 0.385. The second kappa shape index (κ2) is 8.10. The van der Waals surface area contributed by atoms with Gasteiger partial charge in [-0.3, -0.25) is 9.69 Å². The molecule has 0 atom stereocenters. The molecule has 1 aromatic carbocycles. The van der Waals surface area contributed by atoms with E-state index in [1.807, 2.05) is 0 Å². The summed E-state index contributed by atoms with van der Waals surface area (Å²) in [6.45, 7) is 0.611. The maximum Gasteiger partial charge on any atom is 0.323 e. The predicted octanol–water partition coefficient (Wildman–Crippen LogP) is 1.32. The van der Waals surface area contributed by atoms with Crippen LogP contribution in [-0.4, -0.2) is 43.9 Å². The summed E-state index contributed by atoms with van der Waals surface area (Å²) in [5.74, 6) is -1.06.